The van der Waals surface area contributed by atoms with Crippen molar-refractivity contribution < 1.29 is 19.2 Å². The minimum absolute atomic E-state index is 0.0107. The minimum atomic E-state index is -0.580. The van der Waals surface area contributed by atoms with Crippen LogP contribution in [0.15, 0.2) is 12.1 Å². The number of carbonyl (C=O) groups is 2. The molecule has 0 bridgehead atoms. The molecule has 1 heterocycles. The molecular formula is C14H16N2O5. The van der Waals surface area contributed by atoms with Crippen LogP contribution in [0.4, 0.5) is 11.4 Å². The molecule has 7 heteroatoms. The molecule has 0 saturated carbocycles. The molecular weight excluding hydrogens is 276 g/mol. The predicted octanol–water partition coefficient (Wildman–Crippen LogP) is 1.74. The molecule has 1 aliphatic heterocycles. The van der Waals surface area contributed by atoms with Gasteiger partial charge < -0.3 is 9.64 Å². The topological polar surface area (TPSA) is 89.8 Å². The van der Waals surface area contributed by atoms with Gasteiger partial charge in [-0.3, -0.25) is 19.7 Å². The van der Waals surface area contributed by atoms with Gasteiger partial charge in [-0.2, -0.15) is 0 Å². The summed E-state index contributed by atoms with van der Waals surface area (Å²) in [5.41, 5.74) is 1.74. The molecule has 0 N–H and O–H groups in total. The SMILES string of the molecule is COC(=O)C1CC(=O)N(c2cc(C)c(C)cc2[N+](=O)[O-])C1. The summed E-state index contributed by atoms with van der Waals surface area (Å²) < 4.78 is 4.64. The molecule has 1 aromatic rings. The molecule has 1 saturated heterocycles. The molecule has 1 atom stereocenters. The first-order chi connectivity index (χ1) is 9.85. The van der Waals surface area contributed by atoms with E-state index in [0.717, 1.165) is 11.1 Å². The number of hydrogen-bond donors (Lipinski definition) is 0. The summed E-state index contributed by atoms with van der Waals surface area (Å²) in [6, 6.07) is 3.06. The van der Waals surface area contributed by atoms with E-state index in [1.165, 1.54) is 18.1 Å². The fourth-order valence-electron chi connectivity index (χ4n) is 2.41. The molecule has 112 valence electrons. The Morgan fingerprint density at radius 1 is 1.38 bits per heavy atom. The van der Waals surface area contributed by atoms with E-state index in [9.17, 15) is 19.7 Å². The molecule has 0 spiro atoms. The molecule has 1 aliphatic rings. The van der Waals surface area contributed by atoms with Crippen LogP contribution >= 0.6 is 0 Å². The Hall–Kier alpha value is -2.44. The van der Waals surface area contributed by atoms with Crippen LogP contribution in [0, 0.1) is 29.9 Å². The van der Waals surface area contributed by atoms with E-state index in [0.29, 0.717) is 0 Å². The number of ether oxygens (including phenoxy) is 1. The Kier molecular flexibility index (Phi) is 3.93. The number of nitro benzene ring substituents is 1. The van der Waals surface area contributed by atoms with Gasteiger partial charge in [0.2, 0.25) is 5.91 Å². The Morgan fingerprint density at radius 2 is 2.00 bits per heavy atom. The summed E-state index contributed by atoms with van der Waals surface area (Å²) in [7, 11) is 1.26. The molecule has 0 radical (unpaired) electrons. The number of nitrogens with zero attached hydrogens (tertiary/aromatic N) is 2. The summed E-state index contributed by atoms with van der Waals surface area (Å²) in [5, 5.41) is 11.2. The first kappa shape index (κ1) is 15.0. The maximum atomic E-state index is 12.1. The summed E-state index contributed by atoms with van der Waals surface area (Å²) in [5.74, 6) is -1.36. The van der Waals surface area contributed by atoms with Gasteiger partial charge in [0, 0.05) is 19.0 Å². The number of amides is 1. The number of aryl methyl sites for hydroxylation is 2. The molecule has 1 aromatic carbocycles. The van der Waals surface area contributed by atoms with Crippen molar-refractivity contribution in [1.82, 2.24) is 0 Å². The van der Waals surface area contributed by atoms with E-state index in [1.807, 2.05) is 6.92 Å². The summed E-state index contributed by atoms with van der Waals surface area (Å²) in [6.07, 6.45) is 0.0107. The highest BCUT2D eigenvalue weighted by atomic mass is 16.6. The standard InChI is InChI=1S/C14H16N2O5/c1-8-4-11(12(16(19)20)5-9(8)2)15-7-10(6-13(15)17)14(18)21-3/h4-5,10H,6-7H2,1-3H3. The van der Waals surface area contributed by atoms with Crippen molar-refractivity contribution >= 4 is 23.3 Å². The van der Waals surface area contributed by atoms with Crippen LogP contribution < -0.4 is 4.90 Å². The number of methoxy groups -OCH3 is 1. The molecule has 1 unspecified atom stereocenters. The fourth-order valence-corrected chi connectivity index (χ4v) is 2.41. The highest BCUT2D eigenvalue weighted by Gasteiger charge is 2.38. The Bertz CT molecular complexity index is 626. The lowest BCUT2D eigenvalue weighted by atomic mass is 10.1. The van der Waals surface area contributed by atoms with Crippen LogP contribution in [0.1, 0.15) is 17.5 Å². The van der Waals surface area contributed by atoms with Crippen molar-refractivity contribution in [2.75, 3.05) is 18.6 Å². The van der Waals surface area contributed by atoms with E-state index in [-0.39, 0.29) is 30.2 Å². The predicted molar refractivity (Wildman–Crippen MR) is 75.0 cm³/mol. The Labute approximate surface area is 121 Å². The third kappa shape index (κ3) is 2.72. The summed E-state index contributed by atoms with van der Waals surface area (Å²) in [6.45, 7) is 3.70. The Balaban J connectivity index is 2.42. The monoisotopic (exact) mass is 292 g/mol. The van der Waals surface area contributed by atoms with Gasteiger partial charge in [0.1, 0.15) is 5.69 Å². The third-order valence-corrected chi connectivity index (χ3v) is 3.74. The smallest absolute Gasteiger partial charge is 0.311 e. The van der Waals surface area contributed by atoms with Crippen molar-refractivity contribution in [3.8, 4) is 0 Å². The van der Waals surface area contributed by atoms with Crippen LogP contribution in [-0.4, -0.2) is 30.5 Å². The largest absolute Gasteiger partial charge is 0.469 e. The summed E-state index contributed by atoms with van der Waals surface area (Å²) in [4.78, 5) is 35.6. The van der Waals surface area contributed by atoms with E-state index in [2.05, 4.69) is 4.74 Å². The lowest BCUT2D eigenvalue weighted by Crippen LogP contribution is -2.27. The van der Waals surface area contributed by atoms with Crippen molar-refractivity contribution in [1.29, 1.82) is 0 Å². The maximum Gasteiger partial charge on any atom is 0.311 e. The van der Waals surface area contributed by atoms with E-state index in [4.69, 9.17) is 0 Å². The van der Waals surface area contributed by atoms with Crippen molar-refractivity contribution in [2.24, 2.45) is 5.92 Å². The van der Waals surface area contributed by atoms with Crippen LogP contribution in [-0.2, 0) is 14.3 Å². The molecule has 7 nitrogen and oxygen atoms in total. The zero-order valence-corrected chi connectivity index (χ0v) is 12.1. The number of hydrogen-bond acceptors (Lipinski definition) is 5. The second kappa shape index (κ2) is 5.51. The van der Waals surface area contributed by atoms with Gasteiger partial charge >= 0.3 is 5.97 Å². The average Bonchev–Trinajstić information content (AvgIpc) is 2.82. The molecule has 2 rings (SSSR count). The molecule has 0 aliphatic carbocycles. The van der Waals surface area contributed by atoms with Gasteiger partial charge in [-0.25, -0.2) is 0 Å². The number of esters is 1. The zero-order valence-electron chi connectivity index (χ0n) is 12.1. The second-order valence-electron chi connectivity index (χ2n) is 5.11. The highest BCUT2D eigenvalue weighted by molar-refractivity contribution is 6.01. The van der Waals surface area contributed by atoms with Crippen molar-refractivity contribution in [3.63, 3.8) is 0 Å². The van der Waals surface area contributed by atoms with Gasteiger partial charge in [0.05, 0.1) is 18.0 Å². The molecule has 21 heavy (non-hydrogen) atoms. The van der Waals surface area contributed by atoms with Crippen LogP contribution in [0.2, 0.25) is 0 Å². The van der Waals surface area contributed by atoms with Gasteiger partial charge in [-0.15, -0.1) is 0 Å². The fraction of sp³-hybridized carbons (Fsp3) is 0.429. The average molecular weight is 292 g/mol. The van der Waals surface area contributed by atoms with Gasteiger partial charge in [-0.05, 0) is 31.0 Å². The first-order valence-corrected chi connectivity index (χ1v) is 6.49. The van der Waals surface area contributed by atoms with Gasteiger partial charge in [0.25, 0.3) is 5.69 Å². The van der Waals surface area contributed by atoms with Crippen LogP contribution in [0.3, 0.4) is 0 Å². The van der Waals surface area contributed by atoms with Crippen LogP contribution in [0.5, 0.6) is 0 Å². The van der Waals surface area contributed by atoms with Crippen molar-refractivity contribution in [3.05, 3.63) is 33.4 Å². The second-order valence-corrected chi connectivity index (χ2v) is 5.11. The number of carbonyl (C=O) groups excluding carboxylic acids is 2. The van der Waals surface area contributed by atoms with Crippen molar-refractivity contribution in [2.45, 2.75) is 20.3 Å². The first-order valence-electron chi connectivity index (χ1n) is 6.49. The van der Waals surface area contributed by atoms with E-state index < -0.39 is 16.8 Å². The molecule has 0 aromatic heterocycles. The quantitative estimate of drug-likeness (QED) is 0.481. The molecule has 1 fully saturated rings. The van der Waals surface area contributed by atoms with Gasteiger partial charge in [-0.1, -0.05) is 0 Å². The summed E-state index contributed by atoms with van der Waals surface area (Å²) >= 11 is 0. The number of benzene rings is 1. The maximum absolute atomic E-state index is 12.1. The lowest BCUT2D eigenvalue weighted by Gasteiger charge is -2.17. The van der Waals surface area contributed by atoms with E-state index >= 15 is 0 Å². The zero-order chi connectivity index (χ0) is 15.7. The van der Waals surface area contributed by atoms with Crippen LogP contribution in [0.25, 0.3) is 0 Å². The third-order valence-electron chi connectivity index (χ3n) is 3.74. The normalized spacial score (nSPS) is 18.0. The number of nitro groups is 1. The molecule has 1 amide bonds. The number of anilines is 1. The van der Waals surface area contributed by atoms with E-state index in [1.54, 1.807) is 13.0 Å². The highest BCUT2D eigenvalue weighted by Crippen LogP contribution is 2.35. The lowest BCUT2D eigenvalue weighted by molar-refractivity contribution is -0.384. The minimum Gasteiger partial charge on any atom is -0.469 e. The Morgan fingerprint density at radius 3 is 2.57 bits per heavy atom. The van der Waals surface area contributed by atoms with Gasteiger partial charge in [0.15, 0.2) is 0 Å². The number of rotatable bonds is 3.